The molecular formula is C25H48N6O2+2. The van der Waals surface area contributed by atoms with Gasteiger partial charge in [0.15, 0.2) is 6.23 Å². The molecule has 5 aliphatic heterocycles. The fourth-order valence-electron chi connectivity index (χ4n) is 8.03. The molecule has 0 spiro atoms. The minimum atomic E-state index is 0.166. The molecular weight excluding hydrogens is 416 g/mol. The van der Waals surface area contributed by atoms with E-state index in [9.17, 15) is 0 Å². The number of hydroxylamine groups is 1. The Labute approximate surface area is 199 Å². The molecule has 8 heteroatoms. The van der Waals surface area contributed by atoms with E-state index in [1.165, 1.54) is 84.0 Å². The summed E-state index contributed by atoms with van der Waals surface area (Å²) >= 11 is 0. The number of morpholine rings is 1. The van der Waals surface area contributed by atoms with Crippen molar-refractivity contribution in [3.05, 3.63) is 0 Å². The summed E-state index contributed by atoms with van der Waals surface area (Å²) in [6.07, 6.45) is 13.4. The highest BCUT2D eigenvalue weighted by molar-refractivity contribution is 4.89. The summed E-state index contributed by atoms with van der Waals surface area (Å²) < 4.78 is 5.57. The fraction of sp³-hybridized carbons (Fsp3) is 1.00. The molecule has 6 aliphatic rings. The van der Waals surface area contributed by atoms with Crippen LogP contribution in [0.4, 0.5) is 0 Å². The second kappa shape index (κ2) is 10.7. The Morgan fingerprint density at radius 2 is 1.88 bits per heavy atom. The average molecular weight is 465 g/mol. The van der Waals surface area contributed by atoms with Crippen molar-refractivity contribution in [2.24, 2.45) is 17.8 Å². The second-order valence-electron chi connectivity index (χ2n) is 11.8. The first-order valence-electron chi connectivity index (χ1n) is 14.2. The van der Waals surface area contributed by atoms with Crippen molar-refractivity contribution in [3.8, 4) is 0 Å². The normalized spacial score (nSPS) is 47.5. The molecule has 0 amide bonds. The molecule has 0 aromatic carbocycles. The molecule has 6 fully saturated rings. The maximum atomic E-state index is 6.25. The third-order valence-corrected chi connectivity index (χ3v) is 9.84. The third kappa shape index (κ3) is 5.28. The molecule has 0 aromatic heterocycles. The van der Waals surface area contributed by atoms with Crippen molar-refractivity contribution in [2.45, 2.75) is 88.4 Å². The van der Waals surface area contributed by atoms with E-state index in [1.54, 1.807) is 4.90 Å². The van der Waals surface area contributed by atoms with Crippen LogP contribution in [0, 0.1) is 17.8 Å². The lowest BCUT2D eigenvalue weighted by atomic mass is 9.76. The number of ether oxygens (including phenoxy) is 1. The van der Waals surface area contributed by atoms with Gasteiger partial charge in [0.05, 0.1) is 39.0 Å². The standard InChI is InChI=1S/C25H46N6O2/c1-2-5-21-19(4-1)14-18(16-27-21)17-31-9-3-6-22(31)25-28-24(29-33-25)20-7-8-26-23(15-20)30-10-12-32-13-11-30/h18-29H,1-17H2/p+2/t18?,19?,20?,21?,22-,23?,24?,25?/m0/s1. The first-order chi connectivity index (χ1) is 16.3. The van der Waals surface area contributed by atoms with Crippen LogP contribution in [0.15, 0.2) is 0 Å². The lowest BCUT2D eigenvalue weighted by Gasteiger charge is -2.41. The number of hydrogen-bond acceptors (Lipinski definition) is 6. The van der Waals surface area contributed by atoms with E-state index in [-0.39, 0.29) is 6.23 Å². The Kier molecular flexibility index (Phi) is 7.52. The molecule has 8 unspecified atom stereocenters. The Bertz CT molecular complexity index is 634. The second-order valence-corrected chi connectivity index (χ2v) is 11.8. The van der Waals surface area contributed by atoms with Crippen LogP contribution in [0.1, 0.15) is 57.8 Å². The lowest BCUT2D eigenvalue weighted by molar-refractivity contribution is -0.919. The summed E-state index contributed by atoms with van der Waals surface area (Å²) in [5.41, 5.74) is 3.44. The molecule has 6 N–H and O–H groups in total. The molecule has 1 aliphatic carbocycles. The summed E-state index contributed by atoms with van der Waals surface area (Å²) in [5, 5.41) is 10.4. The van der Waals surface area contributed by atoms with Gasteiger partial charge in [-0.1, -0.05) is 12.8 Å². The van der Waals surface area contributed by atoms with E-state index < -0.39 is 0 Å². The maximum absolute atomic E-state index is 6.25. The zero-order valence-electron chi connectivity index (χ0n) is 20.5. The topological polar surface area (TPSA) is 78.8 Å². The van der Waals surface area contributed by atoms with Gasteiger partial charge in [-0.05, 0) is 25.2 Å². The maximum Gasteiger partial charge on any atom is 0.183 e. The van der Waals surface area contributed by atoms with Crippen LogP contribution in [0.5, 0.6) is 0 Å². The van der Waals surface area contributed by atoms with E-state index in [0.717, 1.165) is 44.2 Å². The van der Waals surface area contributed by atoms with Gasteiger partial charge in [-0.25, -0.2) is 4.90 Å². The molecule has 33 heavy (non-hydrogen) atoms. The molecule has 0 bridgehead atoms. The van der Waals surface area contributed by atoms with Crippen molar-refractivity contribution >= 4 is 0 Å². The molecule has 9 atom stereocenters. The van der Waals surface area contributed by atoms with Crippen LogP contribution < -0.4 is 26.3 Å². The van der Waals surface area contributed by atoms with Crippen LogP contribution >= 0.6 is 0 Å². The van der Waals surface area contributed by atoms with E-state index in [2.05, 4.69) is 26.3 Å². The van der Waals surface area contributed by atoms with Gasteiger partial charge in [0, 0.05) is 63.2 Å². The quantitative estimate of drug-likeness (QED) is 0.345. The number of piperidine rings is 2. The summed E-state index contributed by atoms with van der Waals surface area (Å²) in [4.78, 5) is 10.7. The van der Waals surface area contributed by atoms with Gasteiger partial charge >= 0.3 is 0 Å². The first-order valence-corrected chi connectivity index (χ1v) is 14.2. The number of quaternary nitrogens is 2. The van der Waals surface area contributed by atoms with Gasteiger partial charge in [0.25, 0.3) is 0 Å². The Hall–Kier alpha value is -0.320. The van der Waals surface area contributed by atoms with Gasteiger partial charge in [-0.15, -0.1) is 0 Å². The Balaban J connectivity index is 1.01. The SMILES string of the molecule is C1CCC2NCC(C[NH+]3CCC[C@H]3C3NC(C4CC[NH2+]C(N5CCOCC5)C4)NO3)CC2C1. The van der Waals surface area contributed by atoms with E-state index in [4.69, 9.17) is 9.57 Å². The molecule has 8 nitrogen and oxygen atoms in total. The summed E-state index contributed by atoms with van der Waals surface area (Å²) in [7, 11) is 0. The highest BCUT2D eigenvalue weighted by atomic mass is 16.7. The molecule has 5 saturated heterocycles. The zero-order valence-corrected chi connectivity index (χ0v) is 20.5. The van der Waals surface area contributed by atoms with Crippen LogP contribution in [0.2, 0.25) is 0 Å². The number of nitrogens with zero attached hydrogens (tertiary/aromatic N) is 1. The van der Waals surface area contributed by atoms with Crippen LogP contribution in [-0.4, -0.2) is 88.0 Å². The molecule has 5 heterocycles. The number of nitrogens with one attached hydrogen (secondary N) is 4. The van der Waals surface area contributed by atoms with Crippen molar-refractivity contribution in [3.63, 3.8) is 0 Å². The molecule has 188 valence electrons. The average Bonchev–Trinajstić information content (AvgIpc) is 3.54. The van der Waals surface area contributed by atoms with Crippen molar-refractivity contribution < 1.29 is 19.8 Å². The number of nitrogens with two attached hydrogens (primary N) is 1. The summed E-state index contributed by atoms with van der Waals surface area (Å²) in [6.45, 7) is 9.03. The lowest BCUT2D eigenvalue weighted by Crippen LogP contribution is -3.16. The van der Waals surface area contributed by atoms with Crippen molar-refractivity contribution in [2.75, 3.05) is 52.5 Å². The Morgan fingerprint density at radius 3 is 2.82 bits per heavy atom. The molecule has 1 saturated carbocycles. The minimum absolute atomic E-state index is 0.166. The highest BCUT2D eigenvalue weighted by Crippen LogP contribution is 2.32. The molecule has 0 aromatic rings. The van der Waals surface area contributed by atoms with E-state index >= 15 is 0 Å². The van der Waals surface area contributed by atoms with Gasteiger partial charge in [0.1, 0.15) is 12.2 Å². The Morgan fingerprint density at radius 1 is 0.970 bits per heavy atom. The summed E-state index contributed by atoms with van der Waals surface area (Å²) in [5.74, 6) is 2.42. The smallest absolute Gasteiger partial charge is 0.183 e. The minimum Gasteiger partial charge on any atom is -0.379 e. The van der Waals surface area contributed by atoms with E-state index in [1.807, 2.05) is 0 Å². The monoisotopic (exact) mass is 464 g/mol. The van der Waals surface area contributed by atoms with Gasteiger partial charge in [-0.2, -0.15) is 5.48 Å². The van der Waals surface area contributed by atoms with Gasteiger partial charge < -0.3 is 20.3 Å². The van der Waals surface area contributed by atoms with Crippen LogP contribution in [0.3, 0.4) is 0 Å². The van der Waals surface area contributed by atoms with Crippen molar-refractivity contribution in [1.82, 2.24) is 21.0 Å². The van der Waals surface area contributed by atoms with Crippen LogP contribution in [0.25, 0.3) is 0 Å². The highest BCUT2D eigenvalue weighted by Gasteiger charge is 2.45. The molecule has 6 rings (SSSR count). The number of rotatable bonds is 5. The molecule has 0 radical (unpaired) electrons. The van der Waals surface area contributed by atoms with E-state index in [0.29, 0.717) is 24.3 Å². The van der Waals surface area contributed by atoms with Crippen molar-refractivity contribution in [1.29, 1.82) is 0 Å². The van der Waals surface area contributed by atoms with Gasteiger partial charge in [-0.3, -0.25) is 10.2 Å². The predicted molar refractivity (Wildman–Crippen MR) is 126 cm³/mol. The largest absolute Gasteiger partial charge is 0.379 e. The summed E-state index contributed by atoms with van der Waals surface area (Å²) in [6, 6.07) is 1.41. The fourth-order valence-corrected chi connectivity index (χ4v) is 8.03. The number of likely N-dealkylation sites (tertiary alicyclic amines) is 1. The zero-order chi connectivity index (χ0) is 22.0. The van der Waals surface area contributed by atoms with Crippen LogP contribution in [-0.2, 0) is 9.57 Å². The first kappa shape index (κ1) is 23.1. The predicted octanol–water partition coefficient (Wildman–Crippen LogP) is -1.39. The number of hydrogen-bond donors (Lipinski definition) is 5. The number of fused-ring (bicyclic) bond motifs is 1. The van der Waals surface area contributed by atoms with Gasteiger partial charge in [0.2, 0.25) is 0 Å². The third-order valence-electron chi connectivity index (χ3n) is 9.84.